The standard InChI is InChI=1S/C15H14N6/c1-8-5-17-9-2-3-12(20-13(8)4-9)10-6-18-14-11(10)7-19-15(16)21-14/h2-3,5-7,13H,4H2,1H3,(H3,16,18,19,21). The highest BCUT2D eigenvalue weighted by atomic mass is 15.0. The van der Waals surface area contributed by atoms with Crippen LogP contribution in [0.5, 0.6) is 0 Å². The number of aliphatic imine (C=N–C) groups is 2. The molecule has 1 atom stereocenters. The number of allylic oxidation sites excluding steroid dienone is 2. The van der Waals surface area contributed by atoms with Crippen LogP contribution in [0.4, 0.5) is 5.95 Å². The molecule has 0 saturated carbocycles. The van der Waals surface area contributed by atoms with E-state index in [2.05, 4.69) is 26.9 Å². The van der Waals surface area contributed by atoms with Crippen molar-refractivity contribution in [2.75, 3.05) is 5.73 Å². The summed E-state index contributed by atoms with van der Waals surface area (Å²) in [4.78, 5) is 20.7. The number of nitrogens with zero attached hydrogens (tertiary/aromatic N) is 4. The van der Waals surface area contributed by atoms with Gasteiger partial charge in [0.05, 0.1) is 11.8 Å². The Balaban J connectivity index is 1.87. The summed E-state index contributed by atoms with van der Waals surface area (Å²) in [5.74, 6) is 0.262. The average molecular weight is 278 g/mol. The molecule has 0 spiro atoms. The van der Waals surface area contributed by atoms with Gasteiger partial charge >= 0.3 is 0 Å². The molecule has 4 heterocycles. The molecular weight excluding hydrogens is 264 g/mol. The Kier molecular flexibility index (Phi) is 2.50. The largest absolute Gasteiger partial charge is 0.368 e. The maximum Gasteiger partial charge on any atom is 0.221 e. The third-order valence-corrected chi connectivity index (χ3v) is 3.82. The monoisotopic (exact) mass is 278 g/mol. The van der Waals surface area contributed by atoms with Crippen molar-refractivity contribution in [1.29, 1.82) is 0 Å². The normalized spacial score (nSPS) is 20.8. The van der Waals surface area contributed by atoms with Crippen molar-refractivity contribution >= 4 is 28.4 Å². The van der Waals surface area contributed by atoms with Gasteiger partial charge in [-0.2, -0.15) is 4.98 Å². The summed E-state index contributed by atoms with van der Waals surface area (Å²) in [6, 6.07) is 0.155. The molecule has 0 radical (unpaired) electrons. The van der Waals surface area contributed by atoms with Gasteiger partial charge in [0.15, 0.2) is 0 Å². The number of fused-ring (bicyclic) bond motifs is 3. The van der Waals surface area contributed by atoms with E-state index in [0.717, 1.165) is 34.4 Å². The zero-order valence-corrected chi connectivity index (χ0v) is 11.5. The number of aromatic amines is 1. The minimum atomic E-state index is 0.155. The molecule has 0 amide bonds. The molecule has 1 unspecified atom stereocenters. The van der Waals surface area contributed by atoms with Crippen LogP contribution in [-0.4, -0.2) is 32.4 Å². The molecule has 4 rings (SSSR count). The Labute approximate surface area is 121 Å². The second-order valence-corrected chi connectivity index (χ2v) is 5.25. The molecule has 0 saturated heterocycles. The predicted molar refractivity (Wildman–Crippen MR) is 83.6 cm³/mol. The molecule has 2 aromatic heterocycles. The van der Waals surface area contributed by atoms with Crippen molar-refractivity contribution < 1.29 is 0 Å². The molecule has 21 heavy (non-hydrogen) atoms. The Hall–Kier alpha value is -2.76. The zero-order chi connectivity index (χ0) is 14.4. The second-order valence-electron chi connectivity index (χ2n) is 5.25. The first-order valence-corrected chi connectivity index (χ1v) is 6.80. The van der Waals surface area contributed by atoms with Crippen LogP contribution in [0.2, 0.25) is 0 Å². The number of nitrogen functional groups attached to an aromatic ring is 1. The fourth-order valence-corrected chi connectivity index (χ4v) is 2.62. The minimum Gasteiger partial charge on any atom is -0.368 e. The van der Waals surface area contributed by atoms with E-state index in [1.807, 2.05) is 24.5 Å². The van der Waals surface area contributed by atoms with Crippen LogP contribution < -0.4 is 5.73 Å². The van der Waals surface area contributed by atoms with Crippen LogP contribution >= 0.6 is 0 Å². The van der Waals surface area contributed by atoms with E-state index in [1.165, 1.54) is 5.57 Å². The molecule has 3 N–H and O–H groups in total. The lowest BCUT2D eigenvalue weighted by Crippen LogP contribution is -2.15. The van der Waals surface area contributed by atoms with E-state index in [1.54, 1.807) is 6.20 Å². The number of anilines is 1. The van der Waals surface area contributed by atoms with Gasteiger partial charge in [0, 0.05) is 41.7 Å². The number of rotatable bonds is 1. The maximum atomic E-state index is 5.62. The van der Waals surface area contributed by atoms with Crippen molar-refractivity contribution in [3.05, 3.63) is 41.9 Å². The number of hydrogen-bond donors (Lipinski definition) is 2. The molecule has 2 bridgehead atoms. The van der Waals surface area contributed by atoms with Crippen molar-refractivity contribution in [2.24, 2.45) is 9.98 Å². The molecule has 2 aliphatic heterocycles. The van der Waals surface area contributed by atoms with Crippen molar-refractivity contribution in [2.45, 2.75) is 19.4 Å². The second kappa shape index (κ2) is 4.37. The van der Waals surface area contributed by atoms with Crippen LogP contribution in [0.25, 0.3) is 11.0 Å². The Morgan fingerprint density at radius 3 is 3.14 bits per heavy atom. The van der Waals surface area contributed by atoms with Gasteiger partial charge in [0.1, 0.15) is 5.65 Å². The highest BCUT2D eigenvalue weighted by molar-refractivity contribution is 6.18. The maximum absolute atomic E-state index is 5.62. The lowest BCUT2D eigenvalue weighted by atomic mass is 10.0. The molecular formula is C15H14N6. The van der Waals surface area contributed by atoms with Gasteiger partial charge in [-0.1, -0.05) is 0 Å². The van der Waals surface area contributed by atoms with Gasteiger partial charge in [-0.05, 0) is 24.6 Å². The lowest BCUT2D eigenvalue weighted by Gasteiger charge is -2.15. The highest BCUT2D eigenvalue weighted by Gasteiger charge is 2.20. The summed E-state index contributed by atoms with van der Waals surface area (Å²) in [6.45, 7) is 2.07. The third kappa shape index (κ3) is 1.96. The Morgan fingerprint density at radius 2 is 2.24 bits per heavy atom. The lowest BCUT2D eigenvalue weighted by molar-refractivity contribution is 0.796. The Bertz CT molecular complexity index is 852. The summed E-state index contributed by atoms with van der Waals surface area (Å²) in [5.41, 5.74) is 10.5. The first-order chi connectivity index (χ1) is 10.2. The number of nitrogens with one attached hydrogen (secondary N) is 1. The highest BCUT2D eigenvalue weighted by Crippen LogP contribution is 2.24. The van der Waals surface area contributed by atoms with Gasteiger partial charge < -0.3 is 10.7 Å². The van der Waals surface area contributed by atoms with Crippen molar-refractivity contribution in [3.63, 3.8) is 0 Å². The fraction of sp³-hybridized carbons (Fsp3) is 0.200. The molecule has 6 nitrogen and oxygen atoms in total. The number of aromatic nitrogens is 3. The van der Waals surface area contributed by atoms with Crippen LogP contribution in [-0.2, 0) is 0 Å². The third-order valence-electron chi connectivity index (χ3n) is 3.82. The van der Waals surface area contributed by atoms with E-state index in [-0.39, 0.29) is 12.0 Å². The van der Waals surface area contributed by atoms with Gasteiger partial charge in [-0.15, -0.1) is 0 Å². The molecule has 2 aromatic rings. The van der Waals surface area contributed by atoms with E-state index >= 15 is 0 Å². The first kappa shape index (κ1) is 12.0. The molecule has 0 aromatic carbocycles. The number of H-pyrrole nitrogens is 1. The number of nitrogens with two attached hydrogens (primary N) is 1. The minimum absolute atomic E-state index is 0.155. The van der Waals surface area contributed by atoms with Crippen LogP contribution in [0.3, 0.4) is 0 Å². The average Bonchev–Trinajstić information content (AvgIpc) is 2.79. The van der Waals surface area contributed by atoms with Gasteiger partial charge in [-0.25, -0.2) is 4.98 Å². The first-order valence-electron chi connectivity index (χ1n) is 6.80. The van der Waals surface area contributed by atoms with E-state index in [9.17, 15) is 0 Å². The zero-order valence-electron chi connectivity index (χ0n) is 11.5. The van der Waals surface area contributed by atoms with Crippen molar-refractivity contribution in [1.82, 2.24) is 15.0 Å². The molecule has 0 aliphatic carbocycles. The smallest absolute Gasteiger partial charge is 0.221 e. The summed E-state index contributed by atoms with van der Waals surface area (Å²) in [7, 11) is 0. The summed E-state index contributed by atoms with van der Waals surface area (Å²) in [6.07, 6.45) is 10.4. The van der Waals surface area contributed by atoms with Gasteiger partial charge in [0.2, 0.25) is 5.95 Å². The molecule has 2 aliphatic rings. The summed E-state index contributed by atoms with van der Waals surface area (Å²) >= 11 is 0. The van der Waals surface area contributed by atoms with Gasteiger partial charge in [-0.3, -0.25) is 9.98 Å². The Morgan fingerprint density at radius 1 is 1.33 bits per heavy atom. The van der Waals surface area contributed by atoms with Crippen LogP contribution in [0.1, 0.15) is 18.9 Å². The SMILES string of the molecule is CC1=CN=C2C=CC(c3c[nH]c4nc(N)ncc34)=NC1C2. The summed E-state index contributed by atoms with van der Waals surface area (Å²) < 4.78 is 0. The quantitative estimate of drug-likeness (QED) is 0.835. The molecule has 0 fully saturated rings. The fourth-order valence-electron chi connectivity index (χ4n) is 2.62. The van der Waals surface area contributed by atoms with Crippen LogP contribution in [0, 0.1) is 0 Å². The molecule has 104 valence electrons. The van der Waals surface area contributed by atoms with Crippen LogP contribution in [0.15, 0.2) is 46.3 Å². The predicted octanol–water partition coefficient (Wildman–Crippen LogP) is 2.02. The molecule has 6 heteroatoms. The van der Waals surface area contributed by atoms with E-state index < -0.39 is 0 Å². The topological polar surface area (TPSA) is 92.3 Å². The summed E-state index contributed by atoms with van der Waals surface area (Å²) in [5, 5.41) is 0.924. The van der Waals surface area contributed by atoms with E-state index in [0.29, 0.717) is 0 Å². The van der Waals surface area contributed by atoms with E-state index in [4.69, 9.17) is 10.7 Å². The van der Waals surface area contributed by atoms with Crippen molar-refractivity contribution in [3.8, 4) is 0 Å². The van der Waals surface area contributed by atoms with Gasteiger partial charge in [0.25, 0.3) is 0 Å². The number of hydrogen-bond acceptors (Lipinski definition) is 5.